The van der Waals surface area contributed by atoms with Crippen molar-refractivity contribution < 1.29 is 24.2 Å². The third kappa shape index (κ3) is 6.66. The molecule has 0 saturated carbocycles. The number of benzene rings is 1. The smallest absolute Gasteiger partial charge is 0.412 e. The summed E-state index contributed by atoms with van der Waals surface area (Å²) in [6, 6.07) is 6.23. The van der Waals surface area contributed by atoms with Crippen molar-refractivity contribution in [3.05, 3.63) is 24.3 Å². The molecule has 3 N–H and O–H groups in total. The van der Waals surface area contributed by atoms with E-state index in [2.05, 4.69) is 10.6 Å². The molecule has 0 atom stereocenters. The Bertz CT molecular complexity index is 593. The lowest BCUT2D eigenvalue weighted by Gasteiger charge is -2.19. The SMILES string of the molecule is CN(CCO)C(=O)C(=O)Nc1ccc(NC(=O)OC(C)(C)C)cc1. The molecule has 1 aromatic carbocycles. The third-order valence-electron chi connectivity index (χ3n) is 2.76. The van der Waals surface area contributed by atoms with E-state index in [0.717, 1.165) is 4.90 Å². The van der Waals surface area contributed by atoms with Crippen LogP contribution in [0.25, 0.3) is 0 Å². The summed E-state index contributed by atoms with van der Waals surface area (Å²) in [4.78, 5) is 36.2. The van der Waals surface area contributed by atoms with Gasteiger partial charge in [0.1, 0.15) is 5.60 Å². The lowest BCUT2D eigenvalue weighted by Crippen LogP contribution is -2.38. The molecule has 0 bridgehead atoms. The zero-order valence-electron chi connectivity index (χ0n) is 14.3. The van der Waals surface area contributed by atoms with Crippen molar-refractivity contribution in [3.8, 4) is 0 Å². The number of carbonyl (C=O) groups excluding carboxylic acids is 3. The molecule has 8 heteroatoms. The largest absolute Gasteiger partial charge is 0.444 e. The maximum Gasteiger partial charge on any atom is 0.412 e. The number of ether oxygens (including phenoxy) is 1. The van der Waals surface area contributed by atoms with E-state index in [4.69, 9.17) is 9.84 Å². The predicted molar refractivity (Wildman–Crippen MR) is 89.7 cm³/mol. The van der Waals surface area contributed by atoms with Crippen LogP contribution >= 0.6 is 0 Å². The van der Waals surface area contributed by atoms with Gasteiger partial charge in [-0.05, 0) is 45.0 Å². The first kappa shape index (κ1) is 19.4. The van der Waals surface area contributed by atoms with Gasteiger partial charge >= 0.3 is 17.9 Å². The average Bonchev–Trinajstić information content (AvgIpc) is 2.46. The molecule has 0 aromatic heterocycles. The van der Waals surface area contributed by atoms with Crippen LogP contribution in [0.15, 0.2) is 24.3 Å². The number of aliphatic hydroxyl groups is 1. The van der Waals surface area contributed by atoms with Gasteiger partial charge in [0.15, 0.2) is 0 Å². The Morgan fingerprint density at radius 3 is 2.04 bits per heavy atom. The summed E-state index contributed by atoms with van der Waals surface area (Å²) in [5, 5.41) is 13.8. The number of rotatable bonds is 4. The van der Waals surface area contributed by atoms with Gasteiger partial charge in [-0.2, -0.15) is 0 Å². The Morgan fingerprint density at radius 2 is 1.58 bits per heavy atom. The van der Waals surface area contributed by atoms with Crippen molar-refractivity contribution in [1.82, 2.24) is 4.90 Å². The minimum Gasteiger partial charge on any atom is -0.444 e. The molecule has 0 radical (unpaired) electrons. The van der Waals surface area contributed by atoms with E-state index in [1.54, 1.807) is 45.0 Å². The zero-order chi connectivity index (χ0) is 18.3. The molecule has 0 saturated heterocycles. The van der Waals surface area contributed by atoms with Crippen LogP contribution in [-0.2, 0) is 14.3 Å². The van der Waals surface area contributed by atoms with Crippen molar-refractivity contribution in [2.75, 3.05) is 30.8 Å². The molecule has 0 aliphatic carbocycles. The van der Waals surface area contributed by atoms with Gasteiger partial charge in [-0.1, -0.05) is 0 Å². The van der Waals surface area contributed by atoms with Crippen molar-refractivity contribution in [1.29, 1.82) is 0 Å². The fraction of sp³-hybridized carbons (Fsp3) is 0.438. The van der Waals surface area contributed by atoms with Gasteiger partial charge in [-0.25, -0.2) is 4.79 Å². The van der Waals surface area contributed by atoms with Crippen molar-refractivity contribution >= 4 is 29.3 Å². The Balaban J connectivity index is 2.60. The summed E-state index contributed by atoms with van der Waals surface area (Å²) in [5.74, 6) is -1.56. The lowest BCUT2D eigenvalue weighted by atomic mass is 10.2. The number of anilines is 2. The number of carbonyl (C=O) groups is 3. The van der Waals surface area contributed by atoms with Gasteiger partial charge in [-0.15, -0.1) is 0 Å². The van der Waals surface area contributed by atoms with Crippen LogP contribution in [0.5, 0.6) is 0 Å². The van der Waals surface area contributed by atoms with Crippen LogP contribution < -0.4 is 10.6 Å². The lowest BCUT2D eigenvalue weighted by molar-refractivity contribution is -0.142. The molecule has 1 aromatic rings. The third-order valence-corrected chi connectivity index (χ3v) is 2.76. The summed E-state index contributed by atoms with van der Waals surface area (Å²) < 4.78 is 5.13. The number of aliphatic hydroxyl groups excluding tert-OH is 1. The Labute approximate surface area is 140 Å². The molecular formula is C16H23N3O5. The minimum absolute atomic E-state index is 0.0744. The van der Waals surface area contributed by atoms with Gasteiger partial charge in [0.2, 0.25) is 0 Å². The molecule has 0 fully saturated rings. The molecule has 0 unspecified atom stereocenters. The van der Waals surface area contributed by atoms with Gasteiger partial charge in [0, 0.05) is 25.0 Å². The van der Waals surface area contributed by atoms with E-state index in [1.165, 1.54) is 7.05 Å². The summed E-state index contributed by atoms with van der Waals surface area (Å²) in [5.41, 5.74) is 0.297. The highest BCUT2D eigenvalue weighted by Crippen LogP contribution is 2.15. The number of amides is 3. The highest BCUT2D eigenvalue weighted by atomic mass is 16.6. The molecule has 0 spiro atoms. The van der Waals surface area contributed by atoms with Crippen molar-refractivity contribution in [2.45, 2.75) is 26.4 Å². The van der Waals surface area contributed by atoms with Crippen LogP contribution in [0.2, 0.25) is 0 Å². The topological polar surface area (TPSA) is 108 Å². The fourth-order valence-corrected chi connectivity index (χ4v) is 1.67. The zero-order valence-corrected chi connectivity index (χ0v) is 14.3. The molecule has 3 amide bonds. The second-order valence-corrected chi connectivity index (χ2v) is 6.11. The summed E-state index contributed by atoms with van der Waals surface area (Å²) >= 11 is 0. The summed E-state index contributed by atoms with van der Waals surface area (Å²) in [6.45, 7) is 5.13. The number of nitrogens with zero attached hydrogens (tertiary/aromatic N) is 1. The van der Waals surface area contributed by atoms with Crippen molar-refractivity contribution in [3.63, 3.8) is 0 Å². The number of likely N-dealkylation sites (N-methyl/N-ethyl adjacent to an activating group) is 1. The second kappa shape index (κ2) is 8.30. The van der Waals surface area contributed by atoms with Crippen molar-refractivity contribution in [2.24, 2.45) is 0 Å². The Morgan fingerprint density at radius 1 is 1.08 bits per heavy atom. The van der Waals surface area contributed by atoms with E-state index < -0.39 is 23.5 Å². The maximum atomic E-state index is 11.8. The number of hydrogen-bond acceptors (Lipinski definition) is 5. The molecule has 132 valence electrons. The molecule has 0 aliphatic rings. The molecule has 1 rings (SSSR count). The normalized spacial score (nSPS) is 10.7. The van der Waals surface area contributed by atoms with E-state index >= 15 is 0 Å². The van der Waals surface area contributed by atoms with Gasteiger partial charge in [0.25, 0.3) is 0 Å². The summed E-state index contributed by atoms with van der Waals surface area (Å²) in [7, 11) is 1.42. The van der Waals surface area contributed by atoms with Crippen LogP contribution in [-0.4, -0.2) is 53.7 Å². The molecule has 0 aliphatic heterocycles. The quantitative estimate of drug-likeness (QED) is 0.720. The molecule has 24 heavy (non-hydrogen) atoms. The predicted octanol–water partition coefficient (Wildman–Crippen LogP) is 1.42. The van der Waals surface area contributed by atoms with E-state index in [1.807, 2.05) is 0 Å². The van der Waals surface area contributed by atoms with E-state index in [0.29, 0.717) is 11.4 Å². The first-order valence-corrected chi connectivity index (χ1v) is 7.40. The Kier molecular flexibility index (Phi) is 6.72. The second-order valence-electron chi connectivity index (χ2n) is 6.11. The number of nitrogens with one attached hydrogen (secondary N) is 2. The standard InChI is InChI=1S/C16H23N3O5/c1-16(2,3)24-15(23)18-12-7-5-11(6-8-12)17-13(21)14(22)19(4)9-10-20/h5-8,20H,9-10H2,1-4H3,(H,17,21)(H,18,23). The molecular weight excluding hydrogens is 314 g/mol. The van der Waals surface area contributed by atoms with Gasteiger partial charge in [-0.3, -0.25) is 14.9 Å². The highest BCUT2D eigenvalue weighted by molar-refractivity contribution is 6.39. The fourth-order valence-electron chi connectivity index (χ4n) is 1.67. The number of hydrogen-bond donors (Lipinski definition) is 3. The summed E-state index contributed by atoms with van der Waals surface area (Å²) in [6.07, 6.45) is -0.583. The first-order valence-electron chi connectivity index (χ1n) is 7.40. The first-order chi connectivity index (χ1) is 11.1. The molecule has 8 nitrogen and oxygen atoms in total. The van der Waals surface area contributed by atoms with Crippen LogP contribution in [0.4, 0.5) is 16.2 Å². The van der Waals surface area contributed by atoms with Gasteiger partial charge < -0.3 is 20.1 Å². The monoisotopic (exact) mass is 337 g/mol. The van der Waals surface area contributed by atoms with E-state index in [-0.39, 0.29) is 13.2 Å². The highest BCUT2D eigenvalue weighted by Gasteiger charge is 2.18. The van der Waals surface area contributed by atoms with Gasteiger partial charge in [0.05, 0.1) is 6.61 Å². The van der Waals surface area contributed by atoms with Crippen LogP contribution in [0.3, 0.4) is 0 Å². The maximum absolute atomic E-state index is 11.8. The van der Waals surface area contributed by atoms with E-state index in [9.17, 15) is 14.4 Å². The average molecular weight is 337 g/mol. The Hall–Kier alpha value is -2.61. The van der Waals surface area contributed by atoms with Crippen LogP contribution in [0, 0.1) is 0 Å². The minimum atomic E-state index is -0.807. The van der Waals surface area contributed by atoms with Crippen LogP contribution in [0.1, 0.15) is 20.8 Å². The molecule has 0 heterocycles.